The molecule has 0 atom stereocenters. The first kappa shape index (κ1) is 17.8. The van der Waals surface area contributed by atoms with E-state index >= 15 is 0 Å². The maximum atomic E-state index is 13.1. The van der Waals surface area contributed by atoms with E-state index in [4.69, 9.17) is 0 Å². The number of para-hydroxylation sites is 1. The minimum Gasteiger partial charge on any atom is -0.337 e. The van der Waals surface area contributed by atoms with Crippen molar-refractivity contribution in [2.24, 2.45) is 0 Å². The van der Waals surface area contributed by atoms with Crippen LogP contribution < -0.4 is 0 Å². The van der Waals surface area contributed by atoms with Crippen LogP contribution in [-0.2, 0) is 23.0 Å². The number of nitrogens with zero attached hydrogens (tertiary/aromatic N) is 2. The van der Waals surface area contributed by atoms with E-state index in [0.29, 0.717) is 24.4 Å². The molecular weight excluding hydrogens is 356 g/mol. The Bertz CT molecular complexity index is 1130. The average Bonchev–Trinajstić information content (AvgIpc) is 2.88. The molecule has 0 bridgehead atoms. The maximum absolute atomic E-state index is 13.1. The maximum Gasteiger partial charge on any atom is 0.243 e. The molecule has 2 heterocycles. The van der Waals surface area contributed by atoms with Gasteiger partial charge in [-0.25, -0.2) is 8.42 Å². The van der Waals surface area contributed by atoms with Crippen molar-refractivity contribution in [3.05, 3.63) is 85.1 Å². The largest absolute Gasteiger partial charge is 0.337 e. The van der Waals surface area contributed by atoms with Gasteiger partial charge in [-0.3, -0.25) is 0 Å². The van der Waals surface area contributed by atoms with Gasteiger partial charge in [0.25, 0.3) is 0 Å². The molecule has 1 aliphatic heterocycles. The van der Waals surface area contributed by atoms with E-state index in [1.807, 2.05) is 24.3 Å². The second kappa shape index (κ2) is 6.83. The van der Waals surface area contributed by atoms with Crippen molar-refractivity contribution < 1.29 is 8.42 Å². The third-order valence-electron chi connectivity index (χ3n) is 5.08. The Kier molecular flexibility index (Phi) is 4.50. The Balaban J connectivity index is 1.79. The zero-order chi connectivity index (χ0) is 19.0. The van der Waals surface area contributed by atoms with Crippen LogP contribution in [0.2, 0.25) is 0 Å². The minimum absolute atomic E-state index is 0.289. The van der Waals surface area contributed by atoms with Crippen LogP contribution in [0.5, 0.6) is 0 Å². The molecule has 3 aromatic rings. The summed E-state index contributed by atoms with van der Waals surface area (Å²) in [7, 11) is -3.55. The summed E-state index contributed by atoms with van der Waals surface area (Å²) >= 11 is 0. The van der Waals surface area contributed by atoms with Gasteiger partial charge in [-0.2, -0.15) is 4.31 Å². The van der Waals surface area contributed by atoms with Gasteiger partial charge in [-0.1, -0.05) is 49.1 Å². The molecule has 0 fully saturated rings. The highest BCUT2D eigenvalue weighted by atomic mass is 32.2. The van der Waals surface area contributed by atoms with Gasteiger partial charge in [-0.05, 0) is 35.8 Å². The van der Waals surface area contributed by atoms with Gasteiger partial charge in [0.15, 0.2) is 0 Å². The predicted octanol–water partition coefficient (Wildman–Crippen LogP) is 4.09. The topological polar surface area (TPSA) is 42.3 Å². The van der Waals surface area contributed by atoms with Crippen molar-refractivity contribution in [2.45, 2.75) is 17.9 Å². The quantitative estimate of drug-likeness (QED) is 0.642. The van der Waals surface area contributed by atoms with E-state index in [2.05, 4.69) is 29.9 Å². The standard InChI is InChI=1S/C22H22N2O2S/c1-3-14-24-21-12-8-7-11-19(21)20-13-15-23(16-17(2)22(20)24)27(25,26)18-9-5-4-6-10-18/h3-12H,1-2,13-16H2. The number of fused-ring (bicyclic) bond motifs is 3. The molecule has 2 aromatic carbocycles. The third kappa shape index (κ3) is 2.93. The zero-order valence-corrected chi connectivity index (χ0v) is 16.0. The number of hydrogen-bond acceptors (Lipinski definition) is 2. The molecular formula is C22H22N2O2S. The number of hydrogen-bond donors (Lipinski definition) is 0. The van der Waals surface area contributed by atoms with Crippen LogP contribution in [0, 0.1) is 0 Å². The van der Waals surface area contributed by atoms with Crippen molar-refractivity contribution in [3.8, 4) is 0 Å². The second-order valence-electron chi connectivity index (χ2n) is 6.75. The fraction of sp³-hybridized carbons (Fsp3) is 0.182. The molecule has 4 nitrogen and oxygen atoms in total. The molecule has 1 aliphatic rings. The summed E-state index contributed by atoms with van der Waals surface area (Å²) in [6, 6.07) is 16.8. The monoisotopic (exact) mass is 378 g/mol. The minimum atomic E-state index is -3.55. The number of sulfonamides is 1. The molecule has 138 valence electrons. The molecule has 0 aliphatic carbocycles. The van der Waals surface area contributed by atoms with E-state index in [-0.39, 0.29) is 6.54 Å². The van der Waals surface area contributed by atoms with Crippen LogP contribution in [0.1, 0.15) is 11.3 Å². The first-order valence-corrected chi connectivity index (χ1v) is 10.4. The Labute approximate surface area is 160 Å². The zero-order valence-electron chi connectivity index (χ0n) is 15.1. The molecule has 27 heavy (non-hydrogen) atoms. The summed E-state index contributed by atoms with van der Waals surface area (Å²) in [5.41, 5.74) is 4.17. The van der Waals surface area contributed by atoms with Crippen LogP contribution >= 0.6 is 0 Å². The van der Waals surface area contributed by atoms with E-state index < -0.39 is 10.0 Å². The molecule has 4 rings (SSSR count). The van der Waals surface area contributed by atoms with Gasteiger partial charge in [-0.15, -0.1) is 6.58 Å². The van der Waals surface area contributed by atoms with Crippen molar-refractivity contribution in [1.82, 2.24) is 8.87 Å². The summed E-state index contributed by atoms with van der Waals surface area (Å²) in [6.45, 7) is 9.52. The predicted molar refractivity (Wildman–Crippen MR) is 110 cm³/mol. The van der Waals surface area contributed by atoms with E-state index in [1.54, 1.807) is 24.3 Å². The van der Waals surface area contributed by atoms with E-state index in [1.165, 1.54) is 9.87 Å². The first-order valence-electron chi connectivity index (χ1n) is 8.98. The summed E-state index contributed by atoms with van der Waals surface area (Å²) in [6.07, 6.45) is 2.52. The Morgan fingerprint density at radius 1 is 1.04 bits per heavy atom. The highest BCUT2D eigenvalue weighted by Gasteiger charge is 2.30. The Hall–Kier alpha value is -2.63. The van der Waals surface area contributed by atoms with E-state index in [9.17, 15) is 8.42 Å². The highest BCUT2D eigenvalue weighted by molar-refractivity contribution is 7.89. The normalized spacial score (nSPS) is 15.5. The third-order valence-corrected chi connectivity index (χ3v) is 6.94. The van der Waals surface area contributed by atoms with Gasteiger partial charge < -0.3 is 4.57 Å². The van der Waals surface area contributed by atoms with Crippen LogP contribution in [-0.4, -0.2) is 30.4 Å². The first-order chi connectivity index (χ1) is 13.0. The Morgan fingerprint density at radius 3 is 2.48 bits per heavy atom. The Morgan fingerprint density at radius 2 is 1.74 bits per heavy atom. The molecule has 1 aromatic heterocycles. The van der Waals surface area contributed by atoms with Crippen LogP contribution in [0.4, 0.5) is 0 Å². The molecule has 0 N–H and O–H groups in total. The fourth-order valence-electron chi connectivity index (χ4n) is 3.90. The lowest BCUT2D eigenvalue weighted by Crippen LogP contribution is -2.33. The average molecular weight is 378 g/mol. The van der Waals surface area contributed by atoms with Gasteiger partial charge >= 0.3 is 0 Å². The van der Waals surface area contributed by atoms with Crippen molar-refractivity contribution in [2.75, 3.05) is 13.1 Å². The molecule has 0 saturated carbocycles. The summed E-state index contributed by atoms with van der Waals surface area (Å²) in [5, 5.41) is 1.16. The van der Waals surface area contributed by atoms with Gasteiger partial charge in [0, 0.05) is 36.2 Å². The lowest BCUT2D eigenvalue weighted by atomic mass is 10.1. The molecule has 0 spiro atoms. The van der Waals surface area contributed by atoms with E-state index in [0.717, 1.165) is 22.2 Å². The summed E-state index contributed by atoms with van der Waals surface area (Å²) in [5.74, 6) is 0. The number of allylic oxidation sites excluding steroid dienone is 1. The van der Waals surface area contributed by atoms with Crippen LogP contribution in [0.15, 0.2) is 78.7 Å². The SMILES string of the molecule is C=CCn1c2c(c3ccccc31)CCN(S(=O)(=O)c1ccccc1)CC2=C. The smallest absolute Gasteiger partial charge is 0.243 e. The second-order valence-corrected chi connectivity index (χ2v) is 8.69. The van der Waals surface area contributed by atoms with Crippen LogP contribution in [0.25, 0.3) is 16.5 Å². The molecule has 5 heteroatoms. The van der Waals surface area contributed by atoms with Crippen molar-refractivity contribution in [3.63, 3.8) is 0 Å². The van der Waals surface area contributed by atoms with Gasteiger partial charge in [0.1, 0.15) is 0 Å². The van der Waals surface area contributed by atoms with Gasteiger partial charge in [0.05, 0.1) is 4.90 Å². The highest BCUT2D eigenvalue weighted by Crippen LogP contribution is 2.34. The number of aromatic nitrogens is 1. The number of benzene rings is 2. The van der Waals surface area contributed by atoms with Gasteiger partial charge in [0.2, 0.25) is 10.0 Å². The lowest BCUT2D eigenvalue weighted by Gasteiger charge is -2.21. The van der Waals surface area contributed by atoms with Crippen LogP contribution in [0.3, 0.4) is 0 Å². The lowest BCUT2D eigenvalue weighted by molar-refractivity contribution is 0.454. The summed E-state index contributed by atoms with van der Waals surface area (Å²) < 4.78 is 29.9. The molecule has 0 unspecified atom stereocenters. The van der Waals surface area contributed by atoms with Crippen molar-refractivity contribution in [1.29, 1.82) is 0 Å². The summed E-state index contributed by atoms with van der Waals surface area (Å²) in [4.78, 5) is 0.322. The molecule has 0 radical (unpaired) electrons. The van der Waals surface area contributed by atoms with Crippen molar-refractivity contribution >= 4 is 26.5 Å². The fourth-order valence-corrected chi connectivity index (χ4v) is 5.36. The molecule has 0 amide bonds. The molecule has 0 saturated heterocycles. The number of rotatable bonds is 4.